The van der Waals surface area contributed by atoms with Crippen LogP contribution in [0, 0.1) is 0 Å². The van der Waals surface area contributed by atoms with Gasteiger partial charge in [0.05, 0.1) is 19.3 Å². The van der Waals surface area contributed by atoms with Crippen molar-refractivity contribution in [2.24, 2.45) is 0 Å². The highest BCUT2D eigenvalue weighted by Crippen LogP contribution is 2.31. The zero-order valence-corrected chi connectivity index (χ0v) is 14.4. The largest absolute Gasteiger partial charge is 0.495 e. The van der Waals surface area contributed by atoms with Gasteiger partial charge in [-0.15, -0.1) is 0 Å². The maximum absolute atomic E-state index is 6.15. The van der Waals surface area contributed by atoms with Gasteiger partial charge in [-0.2, -0.15) is 0 Å². The Morgan fingerprint density at radius 1 is 1.33 bits per heavy atom. The number of methoxy groups -OCH3 is 1. The van der Waals surface area contributed by atoms with Gasteiger partial charge in [0.1, 0.15) is 5.75 Å². The van der Waals surface area contributed by atoms with Crippen molar-refractivity contribution in [3.8, 4) is 5.75 Å². The van der Waals surface area contributed by atoms with E-state index in [-0.39, 0.29) is 6.04 Å². The standard InChI is InChI=1S/C16H18BrClN2O/c1-3-6-20-16(11-7-13(21-2)10-19-9-11)14-8-12(18)4-5-15(14)17/h4-5,7-10,16,20H,3,6H2,1-2H3. The van der Waals surface area contributed by atoms with Gasteiger partial charge in [0.15, 0.2) is 0 Å². The van der Waals surface area contributed by atoms with Crippen LogP contribution in [-0.2, 0) is 0 Å². The van der Waals surface area contributed by atoms with Gasteiger partial charge < -0.3 is 10.1 Å². The highest BCUT2D eigenvalue weighted by molar-refractivity contribution is 9.10. The Hall–Kier alpha value is -1.10. The Kier molecular flexibility index (Phi) is 6.03. The summed E-state index contributed by atoms with van der Waals surface area (Å²) < 4.78 is 6.29. The number of rotatable bonds is 6. The van der Waals surface area contributed by atoms with Crippen molar-refractivity contribution in [2.75, 3.05) is 13.7 Å². The first-order chi connectivity index (χ1) is 10.2. The van der Waals surface area contributed by atoms with Gasteiger partial charge in [0, 0.05) is 15.7 Å². The molecule has 0 aliphatic heterocycles. The van der Waals surface area contributed by atoms with E-state index >= 15 is 0 Å². The van der Waals surface area contributed by atoms with Gasteiger partial charge in [0.25, 0.3) is 0 Å². The zero-order valence-electron chi connectivity index (χ0n) is 12.1. The lowest BCUT2D eigenvalue weighted by Crippen LogP contribution is -2.23. The molecule has 1 aromatic carbocycles. The van der Waals surface area contributed by atoms with Crippen LogP contribution < -0.4 is 10.1 Å². The van der Waals surface area contributed by atoms with Gasteiger partial charge >= 0.3 is 0 Å². The minimum Gasteiger partial charge on any atom is -0.495 e. The van der Waals surface area contributed by atoms with Crippen molar-refractivity contribution in [1.82, 2.24) is 10.3 Å². The van der Waals surface area contributed by atoms with Crippen molar-refractivity contribution in [1.29, 1.82) is 0 Å². The molecule has 3 nitrogen and oxygen atoms in total. The van der Waals surface area contributed by atoms with Crippen LogP contribution in [-0.4, -0.2) is 18.6 Å². The Balaban J connectivity index is 2.44. The second kappa shape index (κ2) is 7.78. The lowest BCUT2D eigenvalue weighted by atomic mass is 10.00. The minimum atomic E-state index is 0.0145. The molecule has 2 aromatic rings. The molecule has 0 aliphatic rings. The van der Waals surface area contributed by atoms with Crippen LogP contribution in [0.5, 0.6) is 5.75 Å². The van der Waals surface area contributed by atoms with Gasteiger partial charge in [0.2, 0.25) is 0 Å². The Morgan fingerprint density at radius 2 is 2.14 bits per heavy atom. The van der Waals surface area contributed by atoms with E-state index in [9.17, 15) is 0 Å². The number of pyridine rings is 1. The van der Waals surface area contributed by atoms with E-state index in [0.29, 0.717) is 5.02 Å². The highest BCUT2D eigenvalue weighted by atomic mass is 79.9. The summed E-state index contributed by atoms with van der Waals surface area (Å²) in [5.74, 6) is 0.744. The molecule has 1 unspecified atom stereocenters. The van der Waals surface area contributed by atoms with Crippen LogP contribution in [0.3, 0.4) is 0 Å². The van der Waals surface area contributed by atoms with Crippen LogP contribution in [0.4, 0.5) is 0 Å². The van der Waals surface area contributed by atoms with E-state index in [2.05, 4.69) is 33.2 Å². The molecule has 1 atom stereocenters. The SMILES string of the molecule is CCCNC(c1cncc(OC)c1)c1cc(Cl)ccc1Br. The number of hydrogen-bond donors (Lipinski definition) is 1. The number of nitrogens with one attached hydrogen (secondary N) is 1. The fourth-order valence-electron chi connectivity index (χ4n) is 2.14. The number of hydrogen-bond acceptors (Lipinski definition) is 3. The van der Waals surface area contributed by atoms with Gasteiger partial charge in [-0.3, -0.25) is 4.98 Å². The molecule has 21 heavy (non-hydrogen) atoms. The predicted octanol–water partition coefficient (Wildman–Crippen LogP) is 4.60. The number of halogens is 2. The van der Waals surface area contributed by atoms with Crippen molar-refractivity contribution in [3.63, 3.8) is 0 Å². The summed E-state index contributed by atoms with van der Waals surface area (Å²) in [7, 11) is 1.64. The lowest BCUT2D eigenvalue weighted by Gasteiger charge is -2.21. The van der Waals surface area contributed by atoms with Crippen LogP contribution in [0.15, 0.2) is 41.1 Å². The molecule has 112 valence electrons. The fourth-order valence-corrected chi connectivity index (χ4v) is 2.79. The molecule has 0 saturated heterocycles. The predicted molar refractivity (Wildman–Crippen MR) is 90.1 cm³/mol. The summed E-state index contributed by atoms with van der Waals surface area (Å²) in [6.45, 7) is 3.04. The Morgan fingerprint density at radius 3 is 2.86 bits per heavy atom. The first kappa shape index (κ1) is 16.3. The molecule has 0 bridgehead atoms. The molecule has 1 N–H and O–H groups in total. The van der Waals surface area contributed by atoms with E-state index in [4.69, 9.17) is 16.3 Å². The van der Waals surface area contributed by atoms with E-state index < -0.39 is 0 Å². The second-order valence-electron chi connectivity index (χ2n) is 4.71. The average Bonchev–Trinajstić information content (AvgIpc) is 2.51. The molecule has 1 aromatic heterocycles. The van der Waals surface area contributed by atoms with Gasteiger partial charge in [-0.25, -0.2) is 0 Å². The first-order valence-electron chi connectivity index (χ1n) is 6.83. The van der Waals surface area contributed by atoms with E-state index in [0.717, 1.165) is 34.3 Å². The second-order valence-corrected chi connectivity index (χ2v) is 6.00. The third kappa shape index (κ3) is 4.19. The zero-order chi connectivity index (χ0) is 15.2. The van der Waals surface area contributed by atoms with E-state index in [1.807, 2.05) is 30.5 Å². The summed E-state index contributed by atoms with van der Waals surface area (Å²) in [4.78, 5) is 4.25. The summed E-state index contributed by atoms with van der Waals surface area (Å²) >= 11 is 9.76. The monoisotopic (exact) mass is 368 g/mol. The topological polar surface area (TPSA) is 34.2 Å². The van der Waals surface area contributed by atoms with Crippen LogP contribution >= 0.6 is 27.5 Å². The summed E-state index contributed by atoms with van der Waals surface area (Å²) in [6, 6.07) is 7.81. The molecule has 0 spiro atoms. The number of benzene rings is 1. The van der Waals surface area contributed by atoms with E-state index in [1.165, 1.54) is 0 Å². The molecular weight excluding hydrogens is 352 g/mol. The van der Waals surface area contributed by atoms with Crippen LogP contribution in [0.2, 0.25) is 5.02 Å². The van der Waals surface area contributed by atoms with Crippen LogP contribution in [0.25, 0.3) is 0 Å². The molecule has 0 aliphatic carbocycles. The molecule has 0 fully saturated rings. The number of ether oxygens (including phenoxy) is 1. The number of aromatic nitrogens is 1. The average molecular weight is 370 g/mol. The van der Waals surface area contributed by atoms with Crippen molar-refractivity contribution in [3.05, 3.63) is 57.3 Å². The van der Waals surface area contributed by atoms with Crippen molar-refractivity contribution in [2.45, 2.75) is 19.4 Å². The lowest BCUT2D eigenvalue weighted by molar-refractivity contribution is 0.411. The van der Waals surface area contributed by atoms with Crippen molar-refractivity contribution < 1.29 is 4.74 Å². The molecule has 5 heteroatoms. The maximum atomic E-state index is 6.15. The molecule has 0 radical (unpaired) electrons. The molecule has 0 amide bonds. The van der Waals surface area contributed by atoms with Crippen molar-refractivity contribution >= 4 is 27.5 Å². The third-order valence-electron chi connectivity index (χ3n) is 3.17. The van der Waals surface area contributed by atoms with Gasteiger partial charge in [-0.05, 0) is 48.4 Å². The molecule has 1 heterocycles. The maximum Gasteiger partial charge on any atom is 0.137 e. The van der Waals surface area contributed by atoms with Crippen LogP contribution in [0.1, 0.15) is 30.5 Å². The fraction of sp³-hybridized carbons (Fsp3) is 0.312. The summed E-state index contributed by atoms with van der Waals surface area (Å²) in [6.07, 6.45) is 4.60. The quantitative estimate of drug-likeness (QED) is 0.808. The Bertz CT molecular complexity index is 607. The minimum absolute atomic E-state index is 0.0145. The highest BCUT2D eigenvalue weighted by Gasteiger charge is 2.17. The molecule has 2 rings (SSSR count). The summed E-state index contributed by atoms with van der Waals surface area (Å²) in [5, 5.41) is 4.25. The molecular formula is C16H18BrClN2O. The van der Waals surface area contributed by atoms with E-state index in [1.54, 1.807) is 13.3 Å². The number of nitrogens with zero attached hydrogens (tertiary/aromatic N) is 1. The Labute approximate surface area is 138 Å². The first-order valence-corrected chi connectivity index (χ1v) is 8.00. The summed E-state index contributed by atoms with van der Waals surface area (Å²) in [5.41, 5.74) is 2.14. The third-order valence-corrected chi connectivity index (χ3v) is 4.13. The smallest absolute Gasteiger partial charge is 0.137 e. The van der Waals surface area contributed by atoms with Gasteiger partial charge in [-0.1, -0.05) is 34.5 Å². The normalized spacial score (nSPS) is 12.2. The molecule has 0 saturated carbocycles.